The molecule has 0 aromatic heterocycles. The first-order valence-corrected chi connectivity index (χ1v) is 12.3. The highest BCUT2D eigenvalue weighted by Gasteiger charge is 2.42. The minimum atomic E-state index is -1.93. The van der Waals surface area contributed by atoms with Crippen molar-refractivity contribution in [2.45, 2.75) is 84.0 Å². The van der Waals surface area contributed by atoms with Crippen molar-refractivity contribution in [3.8, 4) is 0 Å². The summed E-state index contributed by atoms with van der Waals surface area (Å²) in [5.74, 6) is 0.655. The number of hydrogen-bond donors (Lipinski definition) is 0. The molecular formula is C19H37NO3Si. The molecule has 1 rings (SSSR count). The molecule has 1 aliphatic carbocycles. The third kappa shape index (κ3) is 5.69. The zero-order valence-electron chi connectivity index (χ0n) is 16.5. The van der Waals surface area contributed by atoms with Gasteiger partial charge in [0.2, 0.25) is 6.54 Å². The van der Waals surface area contributed by atoms with E-state index in [0.29, 0.717) is 5.92 Å². The molecule has 0 saturated heterocycles. The molecule has 1 fully saturated rings. The van der Waals surface area contributed by atoms with Gasteiger partial charge in [0.05, 0.1) is 6.10 Å². The fourth-order valence-electron chi connectivity index (χ4n) is 3.61. The molecule has 24 heavy (non-hydrogen) atoms. The van der Waals surface area contributed by atoms with Gasteiger partial charge in [-0.15, -0.1) is 6.58 Å². The molecule has 0 aliphatic heterocycles. The van der Waals surface area contributed by atoms with Gasteiger partial charge in [-0.3, -0.25) is 10.1 Å². The fourth-order valence-corrected chi connectivity index (χ4v) is 4.95. The second-order valence-electron chi connectivity index (χ2n) is 9.01. The van der Waals surface area contributed by atoms with E-state index in [2.05, 4.69) is 47.4 Å². The average Bonchev–Trinajstić information content (AvgIpc) is 2.49. The predicted molar refractivity (Wildman–Crippen MR) is 103 cm³/mol. The molecule has 0 amide bonds. The van der Waals surface area contributed by atoms with Crippen molar-refractivity contribution in [1.82, 2.24) is 0 Å². The molecule has 3 atom stereocenters. The molecule has 0 N–H and O–H groups in total. The molecule has 4 nitrogen and oxygen atoms in total. The Hall–Kier alpha value is -0.683. The van der Waals surface area contributed by atoms with Gasteiger partial charge in [-0.25, -0.2) is 0 Å². The van der Waals surface area contributed by atoms with Gasteiger partial charge in [-0.2, -0.15) is 0 Å². The molecule has 0 aromatic rings. The first kappa shape index (κ1) is 21.4. The molecule has 0 bridgehead atoms. The number of hydrogen-bond acceptors (Lipinski definition) is 3. The van der Waals surface area contributed by atoms with E-state index in [1.54, 1.807) is 0 Å². The summed E-state index contributed by atoms with van der Waals surface area (Å²) in [6, 6.07) is 0. The Kier molecular flexibility index (Phi) is 7.66. The van der Waals surface area contributed by atoms with Crippen molar-refractivity contribution < 1.29 is 9.35 Å². The van der Waals surface area contributed by atoms with E-state index < -0.39 is 8.32 Å². The van der Waals surface area contributed by atoms with Crippen LogP contribution in [0.4, 0.5) is 0 Å². The highest BCUT2D eigenvalue weighted by Crippen LogP contribution is 2.41. The molecule has 0 radical (unpaired) electrons. The van der Waals surface area contributed by atoms with Crippen LogP contribution in [0.3, 0.4) is 0 Å². The monoisotopic (exact) mass is 355 g/mol. The zero-order valence-corrected chi connectivity index (χ0v) is 17.5. The molecule has 0 spiro atoms. The summed E-state index contributed by atoms with van der Waals surface area (Å²) in [5.41, 5.74) is 0. The van der Waals surface area contributed by atoms with E-state index in [1.165, 1.54) is 19.3 Å². The number of rotatable bonds is 8. The highest BCUT2D eigenvalue weighted by atomic mass is 28.4. The second kappa shape index (κ2) is 8.61. The van der Waals surface area contributed by atoms with Crippen LogP contribution in [0, 0.1) is 27.9 Å². The van der Waals surface area contributed by atoms with Crippen molar-refractivity contribution in [3.05, 3.63) is 22.8 Å². The summed E-state index contributed by atoms with van der Waals surface area (Å²) < 4.78 is 6.56. The second-order valence-corrected chi connectivity index (χ2v) is 13.8. The summed E-state index contributed by atoms with van der Waals surface area (Å²) in [4.78, 5) is 11.1. The van der Waals surface area contributed by atoms with Crippen molar-refractivity contribution in [3.63, 3.8) is 0 Å². The van der Waals surface area contributed by atoms with Gasteiger partial charge in [-0.05, 0) is 42.8 Å². The summed E-state index contributed by atoms with van der Waals surface area (Å²) in [6.07, 6.45) is 7.68. The lowest BCUT2D eigenvalue weighted by atomic mass is 9.73. The van der Waals surface area contributed by atoms with Crippen LogP contribution < -0.4 is 0 Å². The van der Waals surface area contributed by atoms with E-state index in [4.69, 9.17) is 4.43 Å². The summed E-state index contributed by atoms with van der Waals surface area (Å²) in [5, 5.41) is 11.4. The van der Waals surface area contributed by atoms with Crippen LogP contribution in [-0.2, 0) is 4.43 Å². The molecule has 0 heterocycles. The Morgan fingerprint density at radius 1 is 1.29 bits per heavy atom. The lowest BCUT2D eigenvalue weighted by Crippen LogP contribution is -2.47. The van der Waals surface area contributed by atoms with E-state index >= 15 is 0 Å². The van der Waals surface area contributed by atoms with Crippen molar-refractivity contribution in [2.24, 2.45) is 17.8 Å². The van der Waals surface area contributed by atoms with Crippen LogP contribution >= 0.6 is 0 Å². The molecule has 1 aliphatic rings. The first-order chi connectivity index (χ1) is 11.0. The van der Waals surface area contributed by atoms with E-state index in [9.17, 15) is 10.1 Å². The smallest absolute Gasteiger partial charge is 0.207 e. The molecule has 0 unspecified atom stereocenters. The van der Waals surface area contributed by atoms with Crippen LogP contribution in [0.2, 0.25) is 18.1 Å². The summed E-state index contributed by atoms with van der Waals surface area (Å²) in [6.45, 7) is 17.3. The standard InChI is InChI=1S/C19H37NO3Si/c1-8-18(23-24(6,7)19(3,4)5)15(2)17(14-20(21)22)16-12-10-9-11-13-16/h8,15-18H,1,9-14H2,2-7H3/t15-,17+,18-/m1/s1. The predicted octanol–water partition coefficient (Wildman–Crippen LogP) is 5.67. The Balaban J connectivity index is 2.94. The maximum absolute atomic E-state index is 11.3. The molecule has 1 saturated carbocycles. The molecule has 5 heteroatoms. The van der Waals surface area contributed by atoms with E-state index in [1.807, 2.05) is 6.08 Å². The Bertz CT molecular complexity index is 425. The maximum Gasteiger partial charge on any atom is 0.207 e. The third-order valence-electron chi connectivity index (χ3n) is 6.28. The maximum atomic E-state index is 11.3. The van der Waals surface area contributed by atoms with E-state index in [-0.39, 0.29) is 34.4 Å². The topological polar surface area (TPSA) is 52.4 Å². The van der Waals surface area contributed by atoms with Crippen LogP contribution in [0.5, 0.6) is 0 Å². The Morgan fingerprint density at radius 3 is 2.25 bits per heavy atom. The normalized spacial score (nSPS) is 21.1. The quantitative estimate of drug-likeness (QED) is 0.244. The van der Waals surface area contributed by atoms with Crippen molar-refractivity contribution in [1.29, 1.82) is 0 Å². The number of nitrogens with zero attached hydrogens (tertiary/aromatic N) is 1. The lowest BCUT2D eigenvalue weighted by molar-refractivity contribution is -0.492. The Labute approximate surface area is 149 Å². The van der Waals surface area contributed by atoms with Crippen LogP contribution in [-0.4, -0.2) is 25.9 Å². The summed E-state index contributed by atoms with van der Waals surface area (Å²) >= 11 is 0. The lowest BCUT2D eigenvalue weighted by Gasteiger charge is -2.42. The Morgan fingerprint density at radius 2 is 1.83 bits per heavy atom. The van der Waals surface area contributed by atoms with Gasteiger partial charge in [0, 0.05) is 10.8 Å². The van der Waals surface area contributed by atoms with Crippen LogP contribution in [0.25, 0.3) is 0 Å². The molecular weight excluding hydrogens is 318 g/mol. The van der Waals surface area contributed by atoms with Gasteiger partial charge < -0.3 is 4.43 Å². The largest absolute Gasteiger partial charge is 0.410 e. The highest BCUT2D eigenvalue weighted by molar-refractivity contribution is 6.74. The van der Waals surface area contributed by atoms with Gasteiger partial charge in [0.1, 0.15) is 0 Å². The molecule has 140 valence electrons. The average molecular weight is 356 g/mol. The van der Waals surface area contributed by atoms with Crippen molar-refractivity contribution >= 4 is 8.32 Å². The SMILES string of the molecule is C=C[C@@H](O[Si](C)(C)C(C)(C)C)[C@H](C)[C@H](C[N+](=O)[O-])C1CCCCC1. The zero-order chi connectivity index (χ0) is 18.5. The van der Waals surface area contributed by atoms with Gasteiger partial charge in [-0.1, -0.05) is 53.0 Å². The van der Waals surface area contributed by atoms with Crippen molar-refractivity contribution in [2.75, 3.05) is 6.54 Å². The van der Waals surface area contributed by atoms with Gasteiger partial charge in [0.15, 0.2) is 8.32 Å². The summed E-state index contributed by atoms with van der Waals surface area (Å²) in [7, 11) is -1.93. The first-order valence-electron chi connectivity index (χ1n) is 9.41. The van der Waals surface area contributed by atoms with E-state index in [0.717, 1.165) is 12.8 Å². The van der Waals surface area contributed by atoms with Crippen LogP contribution in [0.1, 0.15) is 59.8 Å². The van der Waals surface area contributed by atoms with Gasteiger partial charge >= 0.3 is 0 Å². The van der Waals surface area contributed by atoms with Gasteiger partial charge in [0.25, 0.3) is 0 Å². The minimum absolute atomic E-state index is 0.0526. The van der Waals surface area contributed by atoms with Crippen LogP contribution in [0.15, 0.2) is 12.7 Å². The fraction of sp³-hybridized carbons (Fsp3) is 0.895. The minimum Gasteiger partial charge on any atom is -0.410 e. The number of nitro groups is 1. The molecule has 0 aromatic carbocycles. The third-order valence-corrected chi connectivity index (χ3v) is 10.8.